The summed E-state index contributed by atoms with van der Waals surface area (Å²) < 4.78 is 0. The third-order valence-corrected chi connectivity index (χ3v) is 5.71. The zero-order valence-corrected chi connectivity index (χ0v) is 12.7. The van der Waals surface area contributed by atoms with Crippen molar-refractivity contribution in [2.45, 2.75) is 25.7 Å². The Hall–Kier alpha value is -1.34. The molecule has 0 amide bonds. The van der Waals surface area contributed by atoms with Crippen LogP contribution in [-0.2, 0) is 0 Å². The molecule has 3 unspecified atom stereocenters. The van der Waals surface area contributed by atoms with Crippen LogP contribution in [0.2, 0.25) is 0 Å². The van der Waals surface area contributed by atoms with Crippen molar-refractivity contribution in [3.63, 3.8) is 0 Å². The average molecular weight is 275 g/mol. The van der Waals surface area contributed by atoms with Crippen molar-refractivity contribution in [3.8, 4) is 0 Å². The summed E-state index contributed by atoms with van der Waals surface area (Å²) in [5, 5.41) is 3.74. The van der Waals surface area contributed by atoms with E-state index in [-0.39, 0.29) is 0 Å². The maximum atomic E-state index is 4.44. The zero-order valence-electron chi connectivity index (χ0n) is 11.7. The number of benzene rings is 2. The molecule has 99 valence electrons. The third kappa shape index (κ3) is 1.96. The Balaban J connectivity index is 1.68. The van der Waals surface area contributed by atoms with Gasteiger partial charge in [-0.3, -0.25) is 0 Å². The van der Waals surface area contributed by atoms with Crippen molar-refractivity contribution in [3.05, 3.63) is 48.5 Å². The molecule has 0 aromatic heterocycles. The van der Waals surface area contributed by atoms with Gasteiger partial charge in [0.25, 0.3) is 0 Å². The molecule has 2 aromatic carbocycles. The van der Waals surface area contributed by atoms with Gasteiger partial charge in [0.2, 0.25) is 0 Å². The van der Waals surface area contributed by atoms with Crippen LogP contribution in [0.1, 0.15) is 31.2 Å². The molecule has 1 heteroatoms. The summed E-state index contributed by atoms with van der Waals surface area (Å²) in [5.41, 5.74) is 2.72. The van der Waals surface area contributed by atoms with E-state index in [0.29, 0.717) is 0 Å². The first kappa shape index (κ1) is 12.4. The summed E-state index contributed by atoms with van der Waals surface area (Å²) >= 11 is 0. The minimum Gasteiger partial charge on any atom is -0.0949 e. The van der Waals surface area contributed by atoms with Crippen molar-refractivity contribution in [2.24, 2.45) is 17.8 Å². The van der Waals surface area contributed by atoms with E-state index in [9.17, 15) is 0 Å². The second kappa shape index (κ2) is 4.59. The lowest BCUT2D eigenvalue weighted by Crippen LogP contribution is -2.11. The highest BCUT2D eigenvalue weighted by molar-refractivity contribution is 6.33. The number of hydrogen-bond donors (Lipinski definition) is 0. The van der Waals surface area contributed by atoms with Gasteiger partial charge in [-0.2, -0.15) is 0 Å². The Morgan fingerprint density at radius 3 is 2.55 bits per heavy atom. The first-order chi connectivity index (χ1) is 9.70. The number of hydrogen-bond acceptors (Lipinski definition) is 0. The smallest absolute Gasteiger partial charge is 0.0712 e. The van der Waals surface area contributed by atoms with Crippen molar-refractivity contribution in [2.75, 3.05) is 0 Å². The standard InChI is InChI=1S/C19H19Si/c1-12(19-9-13-2-3-17(19)8-13)14-4-5-16-11-18(20)7-6-15(16)10-14/h4-7,10-11,13,17,19H,1-3,8-9H2. The Morgan fingerprint density at radius 2 is 1.80 bits per heavy atom. The Kier molecular flexibility index (Phi) is 2.85. The maximum Gasteiger partial charge on any atom is 0.0712 e. The highest BCUT2D eigenvalue weighted by Crippen LogP contribution is 2.52. The molecule has 2 fully saturated rings. The summed E-state index contributed by atoms with van der Waals surface area (Å²) in [6.07, 6.45) is 5.71. The molecular weight excluding hydrogens is 256 g/mol. The van der Waals surface area contributed by atoms with Gasteiger partial charge in [-0.15, -0.1) is 0 Å². The molecule has 4 rings (SSSR count). The summed E-state index contributed by atoms with van der Waals surface area (Å²) in [4.78, 5) is 0. The molecule has 2 aliphatic carbocycles. The number of fused-ring (bicyclic) bond motifs is 3. The number of allylic oxidation sites excluding steroid dienone is 1. The van der Waals surface area contributed by atoms with E-state index in [2.05, 4.69) is 53.2 Å². The Labute approximate surface area is 124 Å². The largest absolute Gasteiger partial charge is 0.0949 e. The lowest BCUT2D eigenvalue weighted by Gasteiger charge is -2.24. The Bertz CT molecular complexity index is 685. The fourth-order valence-corrected chi connectivity index (χ4v) is 4.57. The number of rotatable bonds is 2. The van der Waals surface area contributed by atoms with Gasteiger partial charge < -0.3 is 0 Å². The molecule has 0 heterocycles. The molecule has 3 atom stereocenters. The zero-order chi connectivity index (χ0) is 13.7. The van der Waals surface area contributed by atoms with Gasteiger partial charge in [0.1, 0.15) is 0 Å². The van der Waals surface area contributed by atoms with E-state index in [0.717, 1.165) is 22.9 Å². The van der Waals surface area contributed by atoms with Crippen LogP contribution in [0, 0.1) is 17.8 Å². The third-order valence-electron chi connectivity index (χ3n) is 5.40. The first-order valence-corrected chi connectivity index (χ1v) is 8.15. The van der Waals surface area contributed by atoms with Crippen LogP contribution in [0.5, 0.6) is 0 Å². The molecule has 3 radical (unpaired) electrons. The molecule has 0 N–H and O–H groups in total. The SMILES string of the molecule is C=C(c1ccc2cc([Si])ccc2c1)C1CC2CCC1C2. The fraction of sp³-hybridized carbons (Fsp3) is 0.368. The van der Waals surface area contributed by atoms with Crippen LogP contribution < -0.4 is 5.19 Å². The van der Waals surface area contributed by atoms with E-state index in [1.165, 1.54) is 47.6 Å². The second-order valence-electron chi connectivity index (χ2n) is 6.58. The van der Waals surface area contributed by atoms with Crippen LogP contribution >= 0.6 is 0 Å². The second-order valence-corrected chi connectivity index (χ2v) is 7.16. The van der Waals surface area contributed by atoms with Crippen molar-refractivity contribution < 1.29 is 0 Å². The minimum atomic E-state index is 0.737. The van der Waals surface area contributed by atoms with Crippen LogP contribution in [-0.4, -0.2) is 10.2 Å². The van der Waals surface area contributed by atoms with Crippen LogP contribution in [0.3, 0.4) is 0 Å². The van der Waals surface area contributed by atoms with Gasteiger partial charge in [0, 0.05) is 0 Å². The molecule has 0 saturated heterocycles. The molecule has 20 heavy (non-hydrogen) atoms. The molecule has 2 aliphatic rings. The van der Waals surface area contributed by atoms with Crippen LogP contribution in [0.4, 0.5) is 0 Å². The summed E-state index contributed by atoms with van der Waals surface area (Å²) in [6.45, 7) is 4.44. The summed E-state index contributed by atoms with van der Waals surface area (Å²) in [5.74, 6) is 2.63. The van der Waals surface area contributed by atoms with Gasteiger partial charge in [-0.25, -0.2) is 0 Å². The van der Waals surface area contributed by atoms with Gasteiger partial charge in [0.05, 0.1) is 10.2 Å². The van der Waals surface area contributed by atoms with Crippen LogP contribution in [0.25, 0.3) is 16.3 Å². The minimum absolute atomic E-state index is 0.737. The monoisotopic (exact) mass is 275 g/mol. The lowest BCUT2D eigenvalue weighted by atomic mass is 9.81. The highest BCUT2D eigenvalue weighted by atomic mass is 28.1. The summed E-state index contributed by atoms with van der Waals surface area (Å²) in [7, 11) is 3.59. The molecule has 0 nitrogen and oxygen atoms in total. The molecule has 0 spiro atoms. The van der Waals surface area contributed by atoms with Gasteiger partial charge in [-0.1, -0.05) is 48.5 Å². The Morgan fingerprint density at radius 1 is 1.00 bits per heavy atom. The molecule has 2 saturated carbocycles. The molecule has 2 bridgehead atoms. The van der Waals surface area contributed by atoms with E-state index in [4.69, 9.17) is 0 Å². The highest BCUT2D eigenvalue weighted by Gasteiger charge is 2.40. The predicted molar refractivity (Wildman–Crippen MR) is 87.3 cm³/mol. The van der Waals surface area contributed by atoms with Gasteiger partial charge >= 0.3 is 0 Å². The van der Waals surface area contributed by atoms with E-state index in [1.807, 2.05) is 0 Å². The first-order valence-electron chi connectivity index (χ1n) is 7.65. The van der Waals surface area contributed by atoms with Crippen molar-refractivity contribution in [1.82, 2.24) is 0 Å². The van der Waals surface area contributed by atoms with E-state index >= 15 is 0 Å². The molecular formula is C19H19Si. The topological polar surface area (TPSA) is 0 Å². The normalized spacial score (nSPS) is 28.1. The van der Waals surface area contributed by atoms with E-state index < -0.39 is 0 Å². The maximum absolute atomic E-state index is 4.44. The van der Waals surface area contributed by atoms with E-state index in [1.54, 1.807) is 0 Å². The average Bonchev–Trinajstić information content (AvgIpc) is 3.08. The van der Waals surface area contributed by atoms with Crippen molar-refractivity contribution in [1.29, 1.82) is 0 Å². The quantitative estimate of drug-likeness (QED) is 0.724. The van der Waals surface area contributed by atoms with Crippen LogP contribution in [0.15, 0.2) is 43.0 Å². The molecule has 0 aliphatic heterocycles. The van der Waals surface area contributed by atoms with Gasteiger partial charge in [-0.05, 0) is 65.0 Å². The van der Waals surface area contributed by atoms with Gasteiger partial charge in [0.15, 0.2) is 0 Å². The molecule has 2 aromatic rings. The summed E-state index contributed by atoms with van der Waals surface area (Å²) in [6, 6.07) is 13.3. The fourth-order valence-electron chi connectivity index (χ4n) is 4.33. The predicted octanol–water partition coefficient (Wildman–Crippen LogP) is 4.08. The van der Waals surface area contributed by atoms with Crippen molar-refractivity contribution >= 4 is 31.8 Å². The lowest BCUT2D eigenvalue weighted by molar-refractivity contribution is 0.405.